The number of rotatable bonds is 3. The summed E-state index contributed by atoms with van der Waals surface area (Å²) in [5.74, 6) is 0.157. The lowest BCUT2D eigenvalue weighted by atomic mass is 10.0. The molecule has 4 heteroatoms. The molecule has 1 saturated heterocycles. The molecule has 0 radical (unpaired) electrons. The van der Waals surface area contributed by atoms with Crippen LogP contribution in [-0.4, -0.2) is 43.0 Å². The van der Waals surface area contributed by atoms with Gasteiger partial charge in [-0.25, -0.2) is 0 Å². The lowest BCUT2D eigenvalue weighted by molar-refractivity contribution is -0.128. The molecule has 108 valence electrons. The minimum absolute atomic E-state index is 0.0418. The van der Waals surface area contributed by atoms with Crippen LogP contribution in [0.4, 0.5) is 0 Å². The molecule has 0 aromatic heterocycles. The molecule has 1 heterocycles. The van der Waals surface area contributed by atoms with Gasteiger partial charge in [0.2, 0.25) is 5.91 Å². The van der Waals surface area contributed by atoms with E-state index < -0.39 is 0 Å². The van der Waals surface area contributed by atoms with Crippen molar-refractivity contribution in [2.45, 2.75) is 31.8 Å². The third kappa shape index (κ3) is 2.45. The second kappa shape index (κ2) is 5.94. The van der Waals surface area contributed by atoms with Gasteiger partial charge in [-0.3, -0.25) is 9.69 Å². The van der Waals surface area contributed by atoms with Crippen LogP contribution in [0.1, 0.15) is 30.5 Å². The predicted molar refractivity (Wildman–Crippen MR) is 79.6 cm³/mol. The molecule has 1 fully saturated rings. The van der Waals surface area contributed by atoms with Gasteiger partial charge in [0.1, 0.15) is 6.04 Å². The third-order valence-electron chi connectivity index (χ3n) is 4.44. The van der Waals surface area contributed by atoms with Crippen molar-refractivity contribution in [2.75, 3.05) is 26.2 Å². The Labute approximate surface area is 120 Å². The monoisotopic (exact) mass is 273 g/mol. The maximum atomic E-state index is 12.3. The van der Waals surface area contributed by atoms with Gasteiger partial charge in [0.15, 0.2) is 0 Å². The highest BCUT2D eigenvalue weighted by Gasteiger charge is 2.36. The standard InChI is InChI=1S/C16H23N3O/c1-2-18-16(20)15-11-17-9-10-19(15)14-8-7-12-5-3-4-6-13(12)14/h3-6,14-15,17H,2,7-11H2,1H3,(H,18,20). The Morgan fingerprint density at radius 3 is 3.15 bits per heavy atom. The Morgan fingerprint density at radius 1 is 1.45 bits per heavy atom. The Kier molecular flexibility index (Phi) is 4.03. The Balaban J connectivity index is 1.82. The first-order chi connectivity index (χ1) is 9.81. The molecule has 2 atom stereocenters. The average Bonchev–Trinajstić information content (AvgIpc) is 2.91. The molecule has 20 heavy (non-hydrogen) atoms. The van der Waals surface area contributed by atoms with Crippen molar-refractivity contribution in [3.8, 4) is 0 Å². The van der Waals surface area contributed by atoms with Crippen LogP contribution in [-0.2, 0) is 11.2 Å². The quantitative estimate of drug-likeness (QED) is 0.866. The van der Waals surface area contributed by atoms with Crippen LogP contribution in [0.3, 0.4) is 0 Å². The molecular formula is C16H23N3O. The second-order valence-electron chi connectivity index (χ2n) is 5.61. The number of aryl methyl sites for hydroxylation is 1. The Hall–Kier alpha value is -1.39. The number of piperazine rings is 1. The maximum absolute atomic E-state index is 12.3. The summed E-state index contributed by atoms with van der Waals surface area (Å²) >= 11 is 0. The van der Waals surface area contributed by atoms with Crippen LogP contribution in [0.15, 0.2) is 24.3 Å². The first kappa shape index (κ1) is 13.6. The van der Waals surface area contributed by atoms with Crippen LogP contribution in [0.5, 0.6) is 0 Å². The minimum atomic E-state index is -0.0418. The molecule has 0 spiro atoms. The van der Waals surface area contributed by atoms with Gasteiger partial charge in [-0.2, -0.15) is 0 Å². The Morgan fingerprint density at radius 2 is 2.30 bits per heavy atom. The molecule has 1 amide bonds. The highest BCUT2D eigenvalue weighted by Crippen LogP contribution is 2.36. The van der Waals surface area contributed by atoms with Crippen molar-refractivity contribution >= 4 is 5.91 Å². The molecule has 2 unspecified atom stereocenters. The smallest absolute Gasteiger partial charge is 0.238 e. The van der Waals surface area contributed by atoms with Crippen molar-refractivity contribution in [2.24, 2.45) is 0 Å². The van der Waals surface area contributed by atoms with Crippen molar-refractivity contribution < 1.29 is 4.79 Å². The van der Waals surface area contributed by atoms with Gasteiger partial charge >= 0.3 is 0 Å². The second-order valence-corrected chi connectivity index (χ2v) is 5.61. The zero-order valence-electron chi connectivity index (χ0n) is 12.1. The van der Waals surface area contributed by atoms with Crippen LogP contribution < -0.4 is 10.6 Å². The van der Waals surface area contributed by atoms with Gasteiger partial charge < -0.3 is 10.6 Å². The zero-order valence-corrected chi connectivity index (χ0v) is 12.1. The average molecular weight is 273 g/mol. The summed E-state index contributed by atoms with van der Waals surface area (Å²) in [7, 11) is 0. The number of nitrogens with zero attached hydrogens (tertiary/aromatic N) is 1. The fourth-order valence-electron chi connectivity index (χ4n) is 3.51. The van der Waals surface area contributed by atoms with E-state index in [1.54, 1.807) is 0 Å². The highest BCUT2D eigenvalue weighted by atomic mass is 16.2. The summed E-state index contributed by atoms with van der Waals surface area (Å²) in [6.07, 6.45) is 2.27. The fraction of sp³-hybridized carbons (Fsp3) is 0.562. The lowest BCUT2D eigenvalue weighted by Gasteiger charge is -2.39. The normalized spacial score (nSPS) is 26.2. The number of hydrogen-bond donors (Lipinski definition) is 2. The predicted octanol–water partition coefficient (Wildman–Crippen LogP) is 1.08. The Bertz CT molecular complexity index is 488. The number of fused-ring (bicyclic) bond motifs is 1. The molecule has 1 aliphatic heterocycles. The van der Waals surface area contributed by atoms with Crippen LogP contribution in [0.25, 0.3) is 0 Å². The molecule has 2 aliphatic rings. The number of carbonyl (C=O) groups excluding carboxylic acids is 1. The number of hydrogen-bond acceptors (Lipinski definition) is 3. The first-order valence-electron chi connectivity index (χ1n) is 7.63. The van der Waals surface area contributed by atoms with Gasteiger partial charge in [-0.1, -0.05) is 24.3 Å². The lowest BCUT2D eigenvalue weighted by Crippen LogP contribution is -2.58. The minimum Gasteiger partial charge on any atom is -0.355 e. The molecule has 1 aliphatic carbocycles. The van der Waals surface area contributed by atoms with E-state index in [2.05, 4.69) is 39.8 Å². The number of likely N-dealkylation sites (N-methyl/N-ethyl adjacent to an activating group) is 1. The van der Waals surface area contributed by atoms with E-state index in [-0.39, 0.29) is 11.9 Å². The van der Waals surface area contributed by atoms with Gasteiger partial charge in [0.05, 0.1) is 0 Å². The summed E-state index contributed by atoms with van der Waals surface area (Å²) < 4.78 is 0. The molecule has 4 nitrogen and oxygen atoms in total. The van der Waals surface area contributed by atoms with Crippen LogP contribution in [0, 0.1) is 0 Å². The SMILES string of the molecule is CCNC(=O)C1CNCCN1C1CCc2ccccc21. The van der Waals surface area contributed by atoms with Gasteiger partial charge in [0.25, 0.3) is 0 Å². The molecule has 1 aromatic rings. The molecule has 0 bridgehead atoms. The molecule has 3 rings (SSSR count). The summed E-state index contributed by atoms with van der Waals surface area (Å²) in [5, 5.41) is 6.32. The van der Waals surface area contributed by atoms with E-state index in [1.807, 2.05) is 6.92 Å². The van der Waals surface area contributed by atoms with E-state index in [1.165, 1.54) is 11.1 Å². The molecule has 1 aromatic carbocycles. The maximum Gasteiger partial charge on any atom is 0.238 e. The van der Waals surface area contributed by atoms with Gasteiger partial charge in [-0.15, -0.1) is 0 Å². The van der Waals surface area contributed by atoms with Crippen molar-refractivity contribution in [1.29, 1.82) is 0 Å². The van der Waals surface area contributed by atoms with E-state index in [9.17, 15) is 4.79 Å². The summed E-state index contributed by atoms with van der Waals surface area (Å²) in [4.78, 5) is 14.7. The number of benzene rings is 1. The van der Waals surface area contributed by atoms with E-state index >= 15 is 0 Å². The number of carbonyl (C=O) groups is 1. The van der Waals surface area contributed by atoms with Gasteiger partial charge in [0, 0.05) is 32.2 Å². The first-order valence-corrected chi connectivity index (χ1v) is 7.63. The van der Waals surface area contributed by atoms with Gasteiger partial charge in [-0.05, 0) is 30.9 Å². The highest BCUT2D eigenvalue weighted by molar-refractivity contribution is 5.82. The topological polar surface area (TPSA) is 44.4 Å². The van der Waals surface area contributed by atoms with Crippen molar-refractivity contribution in [1.82, 2.24) is 15.5 Å². The summed E-state index contributed by atoms with van der Waals surface area (Å²) in [6.45, 7) is 5.34. The molecular weight excluding hydrogens is 250 g/mol. The summed E-state index contributed by atoms with van der Waals surface area (Å²) in [6, 6.07) is 9.03. The summed E-state index contributed by atoms with van der Waals surface area (Å²) in [5.41, 5.74) is 2.87. The third-order valence-corrected chi connectivity index (χ3v) is 4.44. The number of amides is 1. The molecule has 0 saturated carbocycles. The zero-order chi connectivity index (χ0) is 13.9. The van der Waals surface area contributed by atoms with E-state index in [0.717, 1.165) is 32.5 Å². The largest absolute Gasteiger partial charge is 0.355 e. The van der Waals surface area contributed by atoms with Crippen LogP contribution in [0.2, 0.25) is 0 Å². The van der Waals surface area contributed by atoms with Crippen molar-refractivity contribution in [3.05, 3.63) is 35.4 Å². The van der Waals surface area contributed by atoms with E-state index in [0.29, 0.717) is 12.6 Å². The van der Waals surface area contributed by atoms with Crippen molar-refractivity contribution in [3.63, 3.8) is 0 Å². The molecule has 2 N–H and O–H groups in total. The number of nitrogens with one attached hydrogen (secondary N) is 2. The fourth-order valence-corrected chi connectivity index (χ4v) is 3.51. The van der Waals surface area contributed by atoms with Crippen LogP contribution >= 0.6 is 0 Å². The van der Waals surface area contributed by atoms with E-state index in [4.69, 9.17) is 0 Å².